The zero-order chi connectivity index (χ0) is 26.5. The molecule has 0 radical (unpaired) electrons. The predicted octanol–water partition coefficient (Wildman–Crippen LogP) is 6.53. The Hall–Kier alpha value is -3.87. The van der Waals surface area contributed by atoms with E-state index < -0.39 is 23.2 Å². The molecule has 5 nitrogen and oxygen atoms in total. The van der Waals surface area contributed by atoms with E-state index in [4.69, 9.17) is 0 Å². The minimum atomic E-state index is -0.694. The normalized spacial score (nSPS) is 12.0. The van der Waals surface area contributed by atoms with Gasteiger partial charge in [-0.2, -0.15) is 4.98 Å². The highest BCUT2D eigenvalue weighted by molar-refractivity contribution is 5.67. The van der Waals surface area contributed by atoms with E-state index in [9.17, 15) is 18.7 Å². The van der Waals surface area contributed by atoms with Gasteiger partial charge in [0.15, 0.2) is 0 Å². The molecule has 1 unspecified atom stereocenters. The van der Waals surface area contributed by atoms with Gasteiger partial charge in [-0.25, -0.2) is 8.78 Å². The van der Waals surface area contributed by atoms with Crippen LogP contribution in [0.5, 0.6) is 5.88 Å². The smallest absolute Gasteiger partial charge is 0.280 e. The van der Waals surface area contributed by atoms with Crippen molar-refractivity contribution in [3.8, 4) is 17.0 Å². The fourth-order valence-electron chi connectivity index (χ4n) is 4.78. The molecule has 37 heavy (non-hydrogen) atoms. The lowest BCUT2D eigenvalue weighted by Crippen LogP contribution is -2.26. The summed E-state index contributed by atoms with van der Waals surface area (Å²) in [5, 5.41) is 11.5. The largest absolute Gasteiger partial charge is 0.494 e. The number of rotatable bonds is 9. The number of hydrogen-bond acceptors (Lipinski definition) is 4. The number of benzene rings is 2. The van der Waals surface area contributed by atoms with Gasteiger partial charge in [0.2, 0.25) is 5.88 Å². The summed E-state index contributed by atoms with van der Waals surface area (Å²) in [6, 6.07) is 12.5. The van der Waals surface area contributed by atoms with Crippen molar-refractivity contribution in [3.05, 3.63) is 111 Å². The van der Waals surface area contributed by atoms with Gasteiger partial charge in [-0.05, 0) is 65.8 Å². The molecule has 0 fully saturated rings. The van der Waals surface area contributed by atoms with E-state index in [0.717, 1.165) is 41.2 Å². The maximum Gasteiger partial charge on any atom is 0.280 e. The van der Waals surface area contributed by atoms with Gasteiger partial charge in [0.05, 0.1) is 11.6 Å². The van der Waals surface area contributed by atoms with Crippen molar-refractivity contribution < 1.29 is 13.9 Å². The second kappa shape index (κ2) is 11.5. The van der Waals surface area contributed by atoms with Crippen LogP contribution in [0.1, 0.15) is 67.2 Å². The summed E-state index contributed by atoms with van der Waals surface area (Å²) in [6.07, 6.45) is 6.22. The lowest BCUT2D eigenvalue weighted by atomic mass is 9.97. The molecule has 0 bridgehead atoms. The second-order valence-electron chi connectivity index (χ2n) is 9.30. The molecule has 4 rings (SSSR count). The van der Waals surface area contributed by atoms with E-state index in [1.54, 1.807) is 17.0 Å². The number of unbranched alkanes of at least 4 members (excludes halogenated alkanes) is 1. The third-order valence-electron chi connectivity index (χ3n) is 6.63. The molecule has 7 heteroatoms. The highest BCUT2D eigenvalue weighted by Gasteiger charge is 2.24. The number of aromatic nitrogens is 3. The zero-order valence-corrected chi connectivity index (χ0v) is 21.3. The monoisotopic (exact) mass is 503 g/mol. The summed E-state index contributed by atoms with van der Waals surface area (Å²) in [7, 11) is 0. The Morgan fingerprint density at radius 1 is 1.05 bits per heavy atom. The molecule has 0 spiro atoms. The number of pyridine rings is 1. The number of halogens is 2. The van der Waals surface area contributed by atoms with Crippen LogP contribution in [0.4, 0.5) is 8.78 Å². The molecule has 0 aliphatic rings. The molecule has 0 aliphatic heterocycles. The Bertz CT molecular complexity index is 1450. The van der Waals surface area contributed by atoms with E-state index in [1.165, 1.54) is 12.1 Å². The number of hydrogen-bond donors (Lipinski definition) is 1. The predicted molar refractivity (Wildman–Crippen MR) is 141 cm³/mol. The first-order valence-corrected chi connectivity index (χ1v) is 12.6. The van der Waals surface area contributed by atoms with Crippen molar-refractivity contribution >= 4 is 0 Å². The van der Waals surface area contributed by atoms with Crippen molar-refractivity contribution in [2.75, 3.05) is 0 Å². The molecule has 0 amide bonds. The molecule has 192 valence electrons. The number of aryl methyl sites for hydroxylation is 2. The van der Waals surface area contributed by atoms with Crippen molar-refractivity contribution in [1.29, 1.82) is 0 Å². The summed E-state index contributed by atoms with van der Waals surface area (Å²) in [5.74, 6) is -1.19. The van der Waals surface area contributed by atoms with Crippen molar-refractivity contribution in [2.24, 2.45) is 0 Å². The lowest BCUT2D eigenvalue weighted by molar-refractivity contribution is 0.367. The van der Waals surface area contributed by atoms with Gasteiger partial charge in [0.1, 0.15) is 17.5 Å². The van der Waals surface area contributed by atoms with Crippen LogP contribution in [0.2, 0.25) is 0 Å². The zero-order valence-electron chi connectivity index (χ0n) is 21.3. The Kier molecular flexibility index (Phi) is 8.11. The summed E-state index contributed by atoms with van der Waals surface area (Å²) in [6.45, 7) is 5.88. The minimum absolute atomic E-state index is 0.152. The topological polar surface area (TPSA) is 68.0 Å². The molecule has 2 heterocycles. The van der Waals surface area contributed by atoms with Gasteiger partial charge < -0.3 is 5.11 Å². The minimum Gasteiger partial charge on any atom is -0.494 e. The van der Waals surface area contributed by atoms with Gasteiger partial charge in [-0.1, -0.05) is 44.5 Å². The van der Waals surface area contributed by atoms with Crippen LogP contribution in [0.25, 0.3) is 11.1 Å². The van der Waals surface area contributed by atoms with Gasteiger partial charge >= 0.3 is 0 Å². The maximum absolute atomic E-state index is 14.1. The maximum atomic E-state index is 14.1. The van der Waals surface area contributed by atoms with Crippen molar-refractivity contribution in [1.82, 2.24) is 14.5 Å². The van der Waals surface area contributed by atoms with Crippen LogP contribution in [-0.4, -0.2) is 19.6 Å². The molecule has 2 aromatic heterocycles. The number of nitrogens with zero attached hydrogens (tertiary/aromatic N) is 3. The first-order valence-electron chi connectivity index (χ1n) is 12.6. The average Bonchev–Trinajstić information content (AvgIpc) is 2.87. The van der Waals surface area contributed by atoms with Crippen LogP contribution in [0.3, 0.4) is 0 Å². The van der Waals surface area contributed by atoms with E-state index in [-0.39, 0.29) is 17.9 Å². The molecular weight excluding hydrogens is 472 g/mol. The standard InChI is InChI=1S/C30H31F2N3O2/c1-4-6-10-28-34-29(36)26(14-20-8-7-9-21(13-20)25-11-12-33-18-19(25)3)30(37)35(28)27(5-2)22-15-23(31)17-24(32)16-22/h7-9,11-13,15-18,27,37H,4-6,10,14H2,1-3H3. The van der Waals surface area contributed by atoms with Crippen LogP contribution in [-0.2, 0) is 12.8 Å². The third kappa shape index (κ3) is 5.77. The molecule has 1 N–H and O–H groups in total. The van der Waals surface area contributed by atoms with Crippen LogP contribution >= 0.6 is 0 Å². The first kappa shape index (κ1) is 26.2. The van der Waals surface area contributed by atoms with Crippen LogP contribution in [0, 0.1) is 18.6 Å². The highest BCUT2D eigenvalue weighted by Crippen LogP contribution is 2.32. The van der Waals surface area contributed by atoms with Crippen molar-refractivity contribution in [2.45, 2.75) is 58.9 Å². The van der Waals surface area contributed by atoms with Gasteiger partial charge in [-0.15, -0.1) is 0 Å². The lowest BCUT2D eigenvalue weighted by Gasteiger charge is -2.25. The van der Waals surface area contributed by atoms with Crippen LogP contribution in [0.15, 0.2) is 65.7 Å². The summed E-state index contributed by atoms with van der Waals surface area (Å²) in [4.78, 5) is 21.6. The van der Waals surface area contributed by atoms with E-state index >= 15 is 0 Å². The molecule has 0 saturated carbocycles. The number of aromatic hydroxyl groups is 1. The molecule has 0 aliphatic carbocycles. The molecule has 2 aromatic carbocycles. The van der Waals surface area contributed by atoms with Crippen LogP contribution < -0.4 is 5.56 Å². The first-order chi connectivity index (χ1) is 17.8. The molecule has 1 atom stereocenters. The third-order valence-corrected chi connectivity index (χ3v) is 6.63. The highest BCUT2D eigenvalue weighted by atomic mass is 19.1. The Morgan fingerprint density at radius 3 is 2.49 bits per heavy atom. The second-order valence-corrected chi connectivity index (χ2v) is 9.30. The summed E-state index contributed by atoms with van der Waals surface area (Å²) < 4.78 is 29.8. The van der Waals surface area contributed by atoms with Gasteiger partial charge in [0, 0.05) is 31.3 Å². The van der Waals surface area contributed by atoms with E-state index in [0.29, 0.717) is 24.2 Å². The quantitative estimate of drug-likeness (QED) is 0.282. The van der Waals surface area contributed by atoms with Crippen molar-refractivity contribution in [3.63, 3.8) is 0 Å². The van der Waals surface area contributed by atoms with E-state index in [1.807, 2.05) is 51.1 Å². The Morgan fingerprint density at radius 2 is 1.81 bits per heavy atom. The van der Waals surface area contributed by atoms with Gasteiger partial charge in [-0.3, -0.25) is 14.3 Å². The fraction of sp³-hybridized carbons (Fsp3) is 0.300. The Balaban J connectivity index is 1.82. The van der Waals surface area contributed by atoms with Gasteiger partial charge in [0.25, 0.3) is 5.56 Å². The SMILES string of the molecule is CCCCc1nc(=O)c(Cc2cccc(-c3ccncc3C)c2)c(O)n1C(CC)c1cc(F)cc(F)c1. The average molecular weight is 504 g/mol. The molecule has 4 aromatic rings. The Labute approximate surface area is 215 Å². The van der Waals surface area contributed by atoms with E-state index in [2.05, 4.69) is 9.97 Å². The summed E-state index contributed by atoms with van der Waals surface area (Å²) in [5.41, 5.74) is 3.90. The molecule has 0 saturated heterocycles. The fourth-order valence-corrected chi connectivity index (χ4v) is 4.78. The summed E-state index contributed by atoms with van der Waals surface area (Å²) >= 11 is 0. The molecular formula is C30H31F2N3O2.